The summed E-state index contributed by atoms with van der Waals surface area (Å²) in [6, 6.07) is 0. The maximum Gasteiger partial charge on any atom is 0.0393 e. The Morgan fingerprint density at radius 1 is 1.38 bits per heavy atom. The lowest BCUT2D eigenvalue weighted by Gasteiger charge is -2.08. The van der Waals surface area contributed by atoms with Crippen molar-refractivity contribution < 1.29 is 0 Å². The topological polar surface area (TPSA) is 24.4 Å². The van der Waals surface area contributed by atoms with Crippen LogP contribution in [-0.2, 0) is 0 Å². The monoisotopic (exact) mass is 220 g/mol. The fourth-order valence-corrected chi connectivity index (χ4v) is 1.61. The highest BCUT2D eigenvalue weighted by molar-refractivity contribution is 5.98. The van der Waals surface area contributed by atoms with Crippen molar-refractivity contribution in [1.29, 1.82) is 0 Å². The predicted molar refractivity (Wildman–Crippen MR) is 71.6 cm³/mol. The average Bonchev–Trinajstić information content (AvgIpc) is 3.05. The van der Waals surface area contributed by atoms with E-state index in [1.54, 1.807) is 0 Å². The maximum atomic E-state index is 4.38. The second-order valence-electron chi connectivity index (χ2n) is 4.71. The molecule has 1 N–H and O–H groups in total. The molecule has 2 nitrogen and oxygen atoms in total. The molecule has 1 rings (SSSR count). The number of allylic oxidation sites excluding steroid dienone is 3. The van der Waals surface area contributed by atoms with Crippen molar-refractivity contribution in [1.82, 2.24) is 5.32 Å². The van der Waals surface area contributed by atoms with E-state index in [1.165, 1.54) is 29.8 Å². The molecule has 2 heteroatoms. The molecule has 0 spiro atoms. The van der Waals surface area contributed by atoms with Crippen molar-refractivity contribution in [2.45, 2.75) is 46.5 Å². The molecular weight excluding hydrogens is 196 g/mol. The molecular formula is C14H24N2. The van der Waals surface area contributed by atoms with Crippen LogP contribution in [0.2, 0.25) is 0 Å². The number of hydrogen-bond acceptors (Lipinski definition) is 2. The molecule has 90 valence electrons. The Morgan fingerprint density at radius 3 is 2.50 bits per heavy atom. The third kappa shape index (κ3) is 4.65. The van der Waals surface area contributed by atoms with E-state index in [0.717, 1.165) is 18.8 Å². The number of aliphatic imine (C=N–C) groups is 1. The fraction of sp³-hybridized carbons (Fsp3) is 0.643. The average molecular weight is 220 g/mol. The zero-order valence-electron chi connectivity index (χ0n) is 11.0. The molecule has 1 fully saturated rings. The van der Waals surface area contributed by atoms with Crippen molar-refractivity contribution in [3.05, 3.63) is 23.5 Å². The minimum Gasteiger partial charge on any atom is -0.365 e. The van der Waals surface area contributed by atoms with Crippen LogP contribution in [0.5, 0.6) is 0 Å². The molecule has 0 radical (unpaired) electrons. The summed E-state index contributed by atoms with van der Waals surface area (Å²) in [6.45, 7) is 6.41. The van der Waals surface area contributed by atoms with Gasteiger partial charge in [0, 0.05) is 24.4 Å². The molecule has 1 aliphatic rings. The lowest BCUT2D eigenvalue weighted by molar-refractivity contribution is 0.835. The van der Waals surface area contributed by atoms with Gasteiger partial charge in [0.05, 0.1) is 0 Å². The van der Waals surface area contributed by atoms with Crippen molar-refractivity contribution in [2.24, 2.45) is 10.9 Å². The molecule has 0 bridgehead atoms. The summed E-state index contributed by atoms with van der Waals surface area (Å²) in [6.07, 6.45) is 9.19. The molecule has 0 heterocycles. The minimum absolute atomic E-state index is 0.727. The molecule has 16 heavy (non-hydrogen) atoms. The third-order valence-electron chi connectivity index (χ3n) is 2.64. The first-order valence-corrected chi connectivity index (χ1v) is 6.24. The second-order valence-corrected chi connectivity index (χ2v) is 4.71. The van der Waals surface area contributed by atoms with Gasteiger partial charge < -0.3 is 5.32 Å². The number of nitrogens with one attached hydrogen (secondary N) is 1. The quantitative estimate of drug-likeness (QED) is 0.679. The van der Waals surface area contributed by atoms with E-state index in [9.17, 15) is 0 Å². The van der Waals surface area contributed by atoms with E-state index in [4.69, 9.17) is 0 Å². The molecule has 0 saturated heterocycles. The van der Waals surface area contributed by atoms with Crippen LogP contribution >= 0.6 is 0 Å². The van der Waals surface area contributed by atoms with Crippen molar-refractivity contribution in [3.63, 3.8) is 0 Å². The Morgan fingerprint density at radius 2 is 2.06 bits per heavy atom. The first-order chi connectivity index (χ1) is 7.67. The van der Waals surface area contributed by atoms with Crippen molar-refractivity contribution in [3.8, 4) is 0 Å². The normalized spacial score (nSPS) is 17.2. The van der Waals surface area contributed by atoms with E-state index in [2.05, 4.69) is 43.4 Å². The van der Waals surface area contributed by atoms with Crippen LogP contribution in [-0.4, -0.2) is 12.8 Å². The van der Waals surface area contributed by atoms with Gasteiger partial charge in [0.15, 0.2) is 0 Å². The molecule has 0 amide bonds. The Labute approximate surface area is 99.5 Å². The summed E-state index contributed by atoms with van der Waals surface area (Å²) < 4.78 is 0. The van der Waals surface area contributed by atoms with Gasteiger partial charge in [-0.15, -0.1) is 0 Å². The van der Waals surface area contributed by atoms with E-state index in [-0.39, 0.29) is 0 Å². The fourth-order valence-electron chi connectivity index (χ4n) is 1.61. The molecule has 0 aromatic rings. The summed E-state index contributed by atoms with van der Waals surface area (Å²) in [7, 11) is 1.90. The summed E-state index contributed by atoms with van der Waals surface area (Å²) in [4.78, 5) is 4.38. The van der Waals surface area contributed by atoms with Gasteiger partial charge in [0.25, 0.3) is 0 Å². The largest absolute Gasteiger partial charge is 0.365 e. The van der Waals surface area contributed by atoms with Crippen LogP contribution in [0.25, 0.3) is 0 Å². The lowest BCUT2D eigenvalue weighted by atomic mass is 10.1. The molecule has 0 aromatic carbocycles. The summed E-state index contributed by atoms with van der Waals surface area (Å²) in [5.41, 5.74) is 3.85. The van der Waals surface area contributed by atoms with Crippen LogP contribution in [0.4, 0.5) is 0 Å². The van der Waals surface area contributed by atoms with Gasteiger partial charge in [0.2, 0.25) is 0 Å². The van der Waals surface area contributed by atoms with Crippen LogP contribution in [0.15, 0.2) is 28.5 Å². The molecule has 1 aliphatic carbocycles. The third-order valence-corrected chi connectivity index (χ3v) is 2.64. The standard InChI is InChI=1S/C14H24N2/c1-5-6-13(16-10-11(2)3)9-14(15-4)12-7-8-12/h9-10,12,16H,5-8H2,1-4H3/b13-9+,15-14+. The zero-order valence-corrected chi connectivity index (χ0v) is 11.0. The van der Waals surface area contributed by atoms with Gasteiger partial charge in [-0.2, -0.15) is 0 Å². The van der Waals surface area contributed by atoms with Crippen LogP contribution in [0.3, 0.4) is 0 Å². The second kappa shape index (κ2) is 6.51. The van der Waals surface area contributed by atoms with E-state index >= 15 is 0 Å². The molecule has 0 aliphatic heterocycles. The van der Waals surface area contributed by atoms with Crippen molar-refractivity contribution >= 4 is 5.71 Å². The highest BCUT2D eigenvalue weighted by Gasteiger charge is 2.25. The Hall–Kier alpha value is -1.05. The highest BCUT2D eigenvalue weighted by Crippen LogP contribution is 2.31. The Bertz CT molecular complexity index is 303. The van der Waals surface area contributed by atoms with Gasteiger partial charge >= 0.3 is 0 Å². The minimum atomic E-state index is 0.727. The first-order valence-electron chi connectivity index (χ1n) is 6.24. The first kappa shape index (κ1) is 13.0. The van der Waals surface area contributed by atoms with Crippen LogP contribution in [0.1, 0.15) is 46.5 Å². The highest BCUT2D eigenvalue weighted by atomic mass is 14.9. The van der Waals surface area contributed by atoms with E-state index in [0.29, 0.717) is 0 Å². The maximum absolute atomic E-state index is 4.38. The molecule has 0 unspecified atom stereocenters. The smallest absolute Gasteiger partial charge is 0.0393 e. The summed E-state index contributed by atoms with van der Waals surface area (Å²) >= 11 is 0. The zero-order chi connectivity index (χ0) is 12.0. The van der Waals surface area contributed by atoms with Gasteiger partial charge in [-0.3, -0.25) is 4.99 Å². The van der Waals surface area contributed by atoms with Crippen LogP contribution < -0.4 is 5.32 Å². The Kier molecular flexibility index (Phi) is 5.30. The van der Waals surface area contributed by atoms with Gasteiger partial charge in [-0.25, -0.2) is 0 Å². The SMILES string of the molecule is CCC/C(=C\C(=N/C)C1CC1)NC=C(C)C. The van der Waals surface area contributed by atoms with Crippen molar-refractivity contribution in [2.75, 3.05) is 7.05 Å². The van der Waals surface area contributed by atoms with Gasteiger partial charge in [-0.05, 0) is 45.4 Å². The van der Waals surface area contributed by atoms with E-state index in [1.807, 2.05) is 7.05 Å². The summed E-state index contributed by atoms with van der Waals surface area (Å²) in [5.74, 6) is 0.727. The van der Waals surface area contributed by atoms with E-state index < -0.39 is 0 Å². The molecule has 0 aromatic heterocycles. The Balaban J connectivity index is 2.66. The predicted octanol–water partition coefficient (Wildman–Crippen LogP) is 3.66. The lowest BCUT2D eigenvalue weighted by Crippen LogP contribution is -2.09. The summed E-state index contributed by atoms with van der Waals surface area (Å²) in [5, 5.41) is 3.39. The van der Waals surface area contributed by atoms with Gasteiger partial charge in [-0.1, -0.05) is 18.9 Å². The number of nitrogens with zero attached hydrogens (tertiary/aromatic N) is 1. The van der Waals surface area contributed by atoms with Crippen LogP contribution in [0, 0.1) is 5.92 Å². The van der Waals surface area contributed by atoms with Gasteiger partial charge in [0.1, 0.15) is 0 Å². The number of hydrogen-bond donors (Lipinski definition) is 1. The number of rotatable bonds is 6. The molecule has 0 atom stereocenters. The molecule has 1 saturated carbocycles.